The first-order valence-corrected chi connectivity index (χ1v) is 18.7. The van der Waals surface area contributed by atoms with Crippen molar-refractivity contribution in [1.82, 2.24) is 24.0 Å². The highest BCUT2D eigenvalue weighted by molar-refractivity contribution is 6.76. The van der Waals surface area contributed by atoms with E-state index >= 15 is 0 Å². The van der Waals surface area contributed by atoms with Gasteiger partial charge in [0.05, 0.1) is 18.3 Å². The van der Waals surface area contributed by atoms with Gasteiger partial charge in [-0.2, -0.15) is 13.2 Å². The molecule has 1 N–H and O–H groups in total. The lowest BCUT2D eigenvalue weighted by molar-refractivity contribution is -0.138. The first-order chi connectivity index (χ1) is 21.1. The predicted molar refractivity (Wildman–Crippen MR) is 168 cm³/mol. The van der Waals surface area contributed by atoms with Gasteiger partial charge in [-0.05, 0) is 37.3 Å². The van der Waals surface area contributed by atoms with Crippen LogP contribution in [0, 0.1) is 12.5 Å². The lowest BCUT2D eigenvalue weighted by Crippen LogP contribution is -2.55. The summed E-state index contributed by atoms with van der Waals surface area (Å²) in [4.78, 5) is 42.9. The second-order valence-corrected chi connectivity index (χ2v) is 19.1. The number of pyridine rings is 1. The Bertz CT molecular complexity index is 1680. The second-order valence-electron chi connectivity index (χ2n) is 13.5. The van der Waals surface area contributed by atoms with Crippen molar-refractivity contribution in [3.63, 3.8) is 0 Å². The molecule has 2 aliphatic heterocycles. The van der Waals surface area contributed by atoms with Crippen LogP contribution in [0.5, 0.6) is 0 Å². The molecule has 11 nitrogen and oxygen atoms in total. The zero-order valence-corrected chi connectivity index (χ0v) is 27.2. The van der Waals surface area contributed by atoms with E-state index in [1.807, 2.05) is 11.5 Å². The van der Waals surface area contributed by atoms with E-state index in [-0.39, 0.29) is 5.92 Å². The summed E-state index contributed by atoms with van der Waals surface area (Å²) in [5, 5.41) is 2.48. The highest BCUT2D eigenvalue weighted by Crippen LogP contribution is 2.42. The van der Waals surface area contributed by atoms with E-state index in [1.165, 1.54) is 7.05 Å². The highest BCUT2D eigenvalue weighted by Gasteiger charge is 2.48. The number of ether oxygens (including phenoxy) is 1. The molecule has 2 fully saturated rings. The number of alkyl halides is 3. The molecule has 0 aromatic carbocycles. The summed E-state index contributed by atoms with van der Waals surface area (Å²) < 4.78 is 48.7. The summed E-state index contributed by atoms with van der Waals surface area (Å²) in [5.41, 5.74) is -1.15. The molecule has 5 heterocycles. The molecule has 242 valence electrons. The Labute approximate surface area is 260 Å². The number of nitrogens with one attached hydrogen (secondary N) is 1. The number of aryl methyl sites for hydroxylation is 1. The van der Waals surface area contributed by atoms with Crippen LogP contribution in [0.1, 0.15) is 31.7 Å². The van der Waals surface area contributed by atoms with Crippen LogP contribution in [0.4, 0.5) is 35.2 Å². The number of halogens is 3. The Balaban J connectivity index is 1.30. The zero-order chi connectivity index (χ0) is 32.7. The number of fused-ring (bicyclic) bond motifs is 1. The standard InChI is InChI=1S/C30H39F3N8O3Si/c1-20-14-29(41(16-20)28(43)36-22-13-21(30(31,32)33)17-38(3)27(22)42)7-9-39(10-8-29)24-15-35-26-25(37-24)23(34-2)18-40(26)19-44-11-12-45(4,5)6/h13,15,17-18,20H,7-12,14,16,19H2,1,3-6H3,(H,36,43). The number of hydrogen-bond donors (Lipinski definition) is 1. The number of carbonyl (C=O) groups excluding carboxylic acids is 1. The largest absolute Gasteiger partial charge is 0.417 e. The fraction of sp³-hybridized carbons (Fsp3) is 0.567. The normalized spacial score (nSPS) is 18.5. The minimum absolute atomic E-state index is 0.178. The Morgan fingerprint density at radius 2 is 1.96 bits per heavy atom. The molecule has 0 saturated carbocycles. The molecule has 1 atom stereocenters. The predicted octanol–water partition coefficient (Wildman–Crippen LogP) is 5.92. The average molecular weight is 645 g/mol. The summed E-state index contributed by atoms with van der Waals surface area (Å²) in [5.74, 6) is 0.811. The monoisotopic (exact) mass is 644 g/mol. The highest BCUT2D eigenvalue weighted by atomic mass is 28.3. The summed E-state index contributed by atoms with van der Waals surface area (Å²) in [6.07, 6.45) is 1.41. The van der Waals surface area contributed by atoms with Crippen molar-refractivity contribution in [2.24, 2.45) is 13.0 Å². The minimum atomic E-state index is -4.66. The number of rotatable bonds is 7. The van der Waals surface area contributed by atoms with Crippen LogP contribution in [0.25, 0.3) is 16.0 Å². The van der Waals surface area contributed by atoms with Crippen LogP contribution in [-0.4, -0.2) is 69.9 Å². The Kier molecular flexibility index (Phi) is 8.75. The van der Waals surface area contributed by atoms with Crippen LogP contribution in [0.2, 0.25) is 25.7 Å². The smallest absolute Gasteiger partial charge is 0.361 e. The average Bonchev–Trinajstić information content (AvgIpc) is 3.48. The summed E-state index contributed by atoms with van der Waals surface area (Å²) in [6.45, 7) is 19.1. The van der Waals surface area contributed by atoms with E-state index in [0.29, 0.717) is 80.7 Å². The van der Waals surface area contributed by atoms with Crippen LogP contribution >= 0.6 is 0 Å². The van der Waals surface area contributed by atoms with E-state index < -0.39 is 42.6 Å². The molecule has 3 aromatic heterocycles. The molecule has 1 spiro atoms. The van der Waals surface area contributed by atoms with E-state index in [1.54, 1.807) is 17.3 Å². The van der Waals surface area contributed by atoms with Gasteiger partial charge in [0.15, 0.2) is 0 Å². The first-order valence-electron chi connectivity index (χ1n) is 15.0. The van der Waals surface area contributed by atoms with Gasteiger partial charge in [-0.25, -0.2) is 19.6 Å². The van der Waals surface area contributed by atoms with E-state index in [9.17, 15) is 22.8 Å². The summed E-state index contributed by atoms with van der Waals surface area (Å²) >= 11 is 0. The van der Waals surface area contributed by atoms with Gasteiger partial charge in [0.25, 0.3) is 5.56 Å². The van der Waals surface area contributed by atoms with Crippen molar-refractivity contribution >= 4 is 42.5 Å². The van der Waals surface area contributed by atoms with Gasteiger partial charge in [-0.3, -0.25) is 4.79 Å². The quantitative estimate of drug-likeness (QED) is 0.195. The molecule has 0 aliphatic carbocycles. The molecule has 2 saturated heterocycles. The van der Waals surface area contributed by atoms with Gasteiger partial charge >= 0.3 is 12.2 Å². The number of amides is 2. The molecule has 1 unspecified atom stereocenters. The number of piperidine rings is 1. The molecule has 5 rings (SSSR count). The Morgan fingerprint density at radius 3 is 2.60 bits per heavy atom. The first kappa shape index (κ1) is 32.5. The van der Waals surface area contributed by atoms with Gasteiger partial charge in [-0.15, -0.1) is 0 Å². The number of carbonyl (C=O) groups is 1. The molecule has 0 radical (unpaired) electrons. The number of nitrogens with zero attached hydrogens (tertiary/aromatic N) is 7. The van der Waals surface area contributed by atoms with Gasteiger partial charge in [0.1, 0.15) is 29.4 Å². The topological polar surface area (TPSA) is 102 Å². The fourth-order valence-corrected chi connectivity index (χ4v) is 7.05. The SMILES string of the molecule is [C-]#[N+]c1cn(COCC[Si](C)(C)C)c2ncc(N3CCC4(CC3)CC(C)CN4C(=O)Nc3cc(C(F)(F)F)cn(C)c3=O)nc12. The van der Waals surface area contributed by atoms with Crippen LogP contribution in [0.3, 0.4) is 0 Å². The lowest BCUT2D eigenvalue weighted by Gasteiger charge is -2.45. The minimum Gasteiger partial charge on any atom is -0.361 e. The van der Waals surface area contributed by atoms with Crippen LogP contribution in [0.15, 0.2) is 29.5 Å². The van der Waals surface area contributed by atoms with Crippen molar-refractivity contribution in [3.05, 3.63) is 52.0 Å². The van der Waals surface area contributed by atoms with E-state index in [2.05, 4.69) is 39.7 Å². The molecule has 15 heteroatoms. The molecule has 2 aliphatic rings. The van der Waals surface area contributed by atoms with E-state index in [0.717, 1.165) is 17.0 Å². The number of hydrogen-bond acceptors (Lipinski definition) is 6. The zero-order valence-electron chi connectivity index (χ0n) is 26.2. The molecule has 3 aromatic rings. The molecule has 45 heavy (non-hydrogen) atoms. The number of likely N-dealkylation sites (tertiary alicyclic amines) is 1. The van der Waals surface area contributed by atoms with Crippen LogP contribution in [-0.2, 0) is 24.7 Å². The van der Waals surface area contributed by atoms with Crippen molar-refractivity contribution < 1.29 is 22.7 Å². The van der Waals surface area contributed by atoms with Gasteiger partial charge < -0.3 is 29.0 Å². The maximum atomic E-state index is 13.5. The Hall–Kier alpha value is -3.90. The third kappa shape index (κ3) is 6.86. The maximum absolute atomic E-state index is 13.5. The summed E-state index contributed by atoms with van der Waals surface area (Å²) in [6, 6.07) is 1.14. The molecule has 0 bridgehead atoms. The third-order valence-corrected chi connectivity index (χ3v) is 10.4. The van der Waals surface area contributed by atoms with Crippen molar-refractivity contribution in [2.45, 2.75) is 70.3 Å². The Morgan fingerprint density at radius 1 is 1.24 bits per heavy atom. The number of anilines is 2. The molecular formula is C30H39F3N8O3Si. The lowest BCUT2D eigenvalue weighted by atomic mass is 9.83. The molecular weight excluding hydrogens is 605 g/mol. The number of urea groups is 1. The van der Waals surface area contributed by atoms with Gasteiger partial charge in [0, 0.05) is 59.3 Å². The van der Waals surface area contributed by atoms with Crippen molar-refractivity contribution in [1.29, 1.82) is 0 Å². The van der Waals surface area contributed by atoms with Crippen molar-refractivity contribution in [3.8, 4) is 0 Å². The molecule has 2 amide bonds. The van der Waals surface area contributed by atoms with Crippen LogP contribution < -0.4 is 15.8 Å². The third-order valence-electron chi connectivity index (χ3n) is 8.69. The van der Waals surface area contributed by atoms with Crippen molar-refractivity contribution in [2.75, 3.05) is 36.5 Å². The van der Waals surface area contributed by atoms with Gasteiger partial charge in [-0.1, -0.05) is 26.6 Å². The maximum Gasteiger partial charge on any atom is 0.417 e. The van der Waals surface area contributed by atoms with Gasteiger partial charge in [0.2, 0.25) is 5.69 Å². The summed E-state index contributed by atoms with van der Waals surface area (Å²) in [7, 11) is -0.00308. The van der Waals surface area contributed by atoms with E-state index in [4.69, 9.17) is 16.3 Å². The second kappa shape index (κ2) is 12.1. The number of aromatic nitrogens is 4. The fourth-order valence-electron chi connectivity index (χ4n) is 6.29.